The average Bonchev–Trinajstić information content (AvgIpc) is 3.28. The quantitative estimate of drug-likeness (QED) is 0.353. The Kier molecular flexibility index (Phi) is 6.78. The summed E-state index contributed by atoms with van der Waals surface area (Å²) in [5.74, 6) is 0. The van der Waals surface area contributed by atoms with E-state index >= 15 is 0 Å². The van der Waals surface area contributed by atoms with Crippen molar-refractivity contribution in [3.63, 3.8) is 0 Å². The van der Waals surface area contributed by atoms with Gasteiger partial charge in [0.2, 0.25) is 0 Å². The molecule has 0 saturated carbocycles. The minimum atomic E-state index is -1.64. The van der Waals surface area contributed by atoms with Crippen molar-refractivity contribution in [2.45, 2.75) is 76.7 Å². The van der Waals surface area contributed by atoms with E-state index in [1.54, 1.807) is 0 Å². The molecule has 0 radical (unpaired) electrons. The van der Waals surface area contributed by atoms with Crippen LogP contribution in [-0.4, -0.2) is 52.9 Å². The first-order valence-corrected chi connectivity index (χ1v) is 18.4. The monoisotopic (exact) mass is 478 g/mol. The molecule has 0 aliphatic carbocycles. The van der Waals surface area contributed by atoms with E-state index in [0.717, 1.165) is 17.5 Å². The summed E-state index contributed by atoms with van der Waals surface area (Å²) < 4.78 is 4.78. The minimum absolute atomic E-state index is 0.0433. The van der Waals surface area contributed by atoms with Gasteiger partial charge in [-0.15, -0.1) is 5.10 Å². The molecule has 176 valence electrons. The maximum atomic E-state index is 12.2. The van der Waals surface area contributed by atoms with Gasteiger partial charge in [0.1, 0.15) is 28.0 Å². The molecule has 33 heavy (non-hydrogen) atoms. The third-order valence-electron chi connectivity index (χ3n) is 7.18. The molecule has 5 nitrogen and oxygen atoms in total. The van der Waals surface area contributed by atoms with E-state index in [1.807, 2.05) is 28.9 Å². The zero-order chi connectivity index (χ0) is 23.8. The lowest BCUT2D eigenvalue weighted by atomic mass is 9.96. The number of allylic oxidation sites excluding steroid dienone is 1. The molecule has 4 rings (SSSR count). The summed E-state index contributed by atoms with van der Waals surface area (Å²) >= 11 is 0. The molecule has 3 aromatic rings. The normalized spacial score (nSPS) is 20.5. The predicted octanol–water partition coefficient (Wildman–Crippen LogP) is 5.64. The number of para-hydroxylation sites is 1. The molecule has 2 unspecified atom stereocenters. The molecule has 1 fully saturated rings. The molecule has 0 spiro atoms. The Morgan fingerprint density at radius 3 is 2.21 bits per heavy atom. The van der Waals surface area contributed by atoms with E-state index in [2.05, 4.69) is 91.0 Å². The number of hydrogen-bond donors (Lipinski definition) is 1. The molecule has 3 atom stereocenters. The largest absolute Gasteiger partial charge is 0.389 e. The number of hydrogen-bond acceptors (Lipinski definition) is 4. The van der Waals surface area contributed by atoms with Crippen LogP contribution in [0.15, 0.2) is 66.2 Å². The van der Waals surface area contributed by atoms with Crippen LogP contribution in [0.3, 0.4) is 0 Å². The summed E-state index contributed by atoms with van der Waals surface area (Å²) in [6.07, 6.45) is 2.42. The number of nitrogens with zero attached hydrogens (tertiary/aromatic N) is 4. The van der Waals surface area contributed by atoms with E-state index in [4.69, 9.17) is 0 Å². The molecule has 7 heteroatoms. The van der Waals surface area contributed by atoms with Gasteiger partial charge in [0, 0.05) is 6.04 Å². The standard InChI is InChI=1S/C26H38N4OSi2/c1-20(2)18-24(29-23-15-11-10-14-22(23)27-28-29)26(31)25(19-21-12-8-7-9-13-21)30-32(3,4)16-17-33(30,5)6/h7-15,18,24-26,31H,16-17,19H2,1-6H3/t24?,25-,26?/m0/s1. The second kappa shape index (κ2) is 9.29. The molecular formula is C26H38N4OSi2. The van der Waals surface area contributed by atoms with Crippen LogP contribution in [0.25, 0.3) is 11.0 Å². The second-order valence-corrected chi connectivity index (χ2v) is 20.7. The van der Waals surface area contributed by atoms with E-state index in [-0.39, 0.29) is 12.1 Å². The first-order chi connectivity index (χ1) is 15.6. The first kappa shape index (κ1) is 24.1. The second-order valence-electron chi connectivity index (χ2n) is 11.0. The van der Waals surface area contributed by atoms with Crippen molar-refractivity contribution in [2.75, 3.05) is 0 Å². The van der Waals surface area contributed by atoms with Gasteiger partial charge in [0.05, 0.1) is 11.6 Å². The lowest BCUT2D eigenvalue weighted by Gasteiger charge is -2.48. The number of aromatic nitrogens is 3. The molecule has 1 saturated heterocycles. The van der Waals surface area contributed by atoms with Crippen molar-refractivity contribution in [1.29, 1.82) is 0 Å². The van der Waals surface area contributed by atoms with E-state index in [0.29, 0.717) is 0 Å². The van der Waals surface area contributed by atoms with Gasteiger partial charge in [0.15, 0.2) is 0 Å². The Hall–Kier alpha value is -2.07. The third kappa shape index (κ3) is 4.92. The molecule has 1 aliphatic rings. The Labute approximate surface area is 200 Å². The zero-order valence-electron chi connectivity index (χ0n) is 20.9. The third-order valence-corrected chi connectivity index (χ3v) is 17.5. The molecule has 2 heterocycles. The van der Waals surface area contributed by atoms with Gasteiger partial charge in [-0.25, -0.2) is 4.68 Å². The maximum Gasteiger partial charge on any atom is 0.115 e. The summed E-state index contributed by atoms with van der Waals surface area (Å²) in [4.78, 5) is 0. The summed E-state index contributed by atoms with van der Waals surface area (Å²) in [5.41, 5.74) is 4.28. The van der Waals surface area contributed by atoms with Crippen LogP contribution in [0.1, 0.15) is 25.5 Å². The molecule has 1 aromatic heterocycles. The summed E-state index contributed by atoms with van der Waals surface area (Å²) in [5, 5.41) is 21.1. The Balaban J connectivity index is 1.82. The fourth-order valence-corrected chi connectivity index (χ4v) is 20.7. The van der Waals surface area contributed by atoms with Crippen molar-refractivity contribution in [3.05, 3.63) is 71.8 Å². The topological polar surface area (TPSA) is 54.2 Å². The number of aliphatic hydroxyl groups excluding tert-OH is 1. The van der Waals surface area contributed by atoms with Crippen molar-refractivity contribution >= 4 is 27.5 Å². The van der Waals surface area contributed by atoms with Crippen LogP contribution in [-0.2, 0) is 6.42 Å². The van der Waals surface area contributed by atoms with Crippen LogP contribution in [0, 0.1) is 0 Å². The van der Waals surface area contributed by atoms with Gasteiger partial charge < -0.3 is 9.34 Å². The van der Waals surface area contributed by atoms with Crippen molar-refractivity contribution in [1.82, 2.24) is 19.2 Å². The highest BCUT2D eigenvalue weighted by Gasteiger charge is 2.52. The van der Waals surface area contributed by atoms with Gasteiger partial charge >= 0.3 is 0 Å². The maximum absolute atomic E-state index is 12.2. The van der Waals surface area contributed by atoms with Gasteiger partial charge in [-0.05, 0) is 50.1 Å². The minimum Gasteiger partial charge on any atom is -0.389 e. The van der Waals surface area contributed by atoms with Crippen LogP contribution in [0.2, 0.25) is 38.3 Å². The van der Waals surface area contributed by atoms with E-state index in [9.17, 15) is 5.11 Å². The number of aliphatic hydroxyl groups is 1. The number of benzene rings is 2. The lowest BCUT2D eigenvalue weighted by molar-refractivity contribution is 0.0718. The predicted molar refractivity (Wildman–Crippen MR) is 142 cm³/mol. The van der Waals surface area contributed by atoms with Crippen molar-refractivity contribution in [3.8, 4) is 0 Å². The fraction of sp³-hybridized carbons (Fsp3) is 0.462. The van der Waals surface area contributed by atoms with Crippen LogP contribution < -0.4 is 0 Å². The molecule has 2 aromatic carbocycles. The van der Waals surface area contributed by atoms with Crippen molar-refractivity contribution < 1.29 is 5.11 Å². The van der Waals surface area contributed by atoms with Crippen LogP contribution in [0.5, 0.6) is 0 Å². The van der Waals surface area contributed by atoms with E-state index < -0.39 is 22.6 Å². The summed E-state index contributed by atoms with van der Waals surface area (Å²) in [6.45, 7) is 14.1. The smallest absolute Gasteiger partial charge is 0.115 e. The summed E-state index contributed by atoms with van der Waals surface area (Å²) in [6, 6.07) is 21.1. The zero-order valence-corrected chi connectivity index (χ0v) is 22.9. The lowest BCUT2D eigenvalue weighted by Crippen LogP contribution is -2.64. The molecular weight excluding hydrogens is 440 g/mol. The number of rotatable bonds is 7. The Morgan fingerprint density at radius 2 is 1.58 bits per heavy atom. The Morgan fingerprint density at radius 1 is 0.970 bits per heavy atom. The summed E-state index contributed by atoms with van der Waals surface area (Å²) in [7, 11) is -3.28. The molecule has 1 aliphatic heterocycles. The van der Waals surface area contributed by atoms with Gasteiger partial charge in [-0.3, -0.25) is 0 Å². The molecule has 1 N–H and O–H groups in total. The SMILES string of the molecule is CC(C)=CC(C(O)[C@H](Cc1ccccc1)N1[Si](C)(C)CC[Si]1(C)C)n1nnc2ccccc21. The van der Waals surface area contributed by atoms with E-state index in [1.165, 1.54) is 23.2 Å². The number of fused-ring (bicyclic) bond motifs is 1. The highest BCUT2D eigenvalue weighted by atomic mass is 28.4. The van der Waals surface area contributed by atoms with Gasteiger partial charge in [0.25, 0.3) is 0 Å². The van der Waals surface area contributed by atoms with Crippen LogP contribution in [0.4, 0.5) is 0 Å². The van der Waals surface area contributed by atoms with Crippen molar-refractivity contribution in [2.24, 2.45) is 0 Å². The molecule has 0 bridgehead atoms. The van der Waals surface area contributed by atoms with Gasteiger partial charge in [-0.1, -0.05) is 85.5 Å². The van der Waals surface area contributed by atoms with Gasteiger partial charge in [-0.2, -0.15) is 0 Å². The van der Waals surface area contributed by atoms with Crippen LogP contribution >= 0.6 is 0 Å². The fourth-order valence-electron chi connectivity index (χ4n) is 5.78. The highest BCUT2D eigenvalue weighted by molar-refractivity contribution is 6.95. The highest BCUT2D eigenvalue weighted by Crippen LogP contribution is 2.41. The first-order valence-electron chi connectivity index (χ1n) is 12.1. The molecule has 0 amide bonds. The Bertz CT molecular complexity index is 1110. The average molecular weight is 479 g/mol.